The molecule has 8 rings (SSSR count). The predicted octanol–water partition coefficient (Wildman–Crippen LogP) is 10.9. The number of fused-ring (bicyclic) bond motifs is 5. The molecule has 0 amide bonds. The van der Waals surface area contributed by atoms with Crippen LogP contribution in [0.15, 0.2) is 149 Å². The number of benzene rings is 7. The zero-order chi connectivity index (χ0) is 46.6. The van der Waals surface area contributed by atoms with E-state index < -0.39 is 216 Å². The van der Waals surface area contributed by atoms with E-state index in [0.717, 1.165) is 0 Å². The van der Waals surface area contributed by atoms with Gasteiger partial charge in [-0.05, 0) is 55.4 Å². The number of para-hydroxylation sites is 2. The summed E-state index contributed by atoms with van der Waals surface area (Å²) >= 11 is 0. The second kappa shape index (κ2) is 8.72. The van der Waals surface area contributed by atoms with Crippen LogP contribution in [0.25, 0.3) is 76.9 Å². The Bertz CT molecular complexity index is 3360. The van der Waals surface area contributed by atoms with Crippen LogP contribution in [-0.2, 0) is 0 Å². The van der Waals surface area contributed by atoms with Crippen molar-refractivity contribution in [3.05, 3.63) is 145 Å². The predicted molar refractivity (Wildman–Crippen MR) is 165 cm³/mol. The van der Waals surface area contributed by atoms with E-state index >= 15 is 0 Å². The molecule has 0 aliphatic carbocycles. The normalized spacial score (nSPS) is 20.2. The van der Waals surface area contributed by atoms with Crippen LogP contribution in [-0.4, -0.2) is 0 Å². The first kappa shape index (κ1) is 8.69. The van der Waals surface area contributed by atoms with E-state index in [0.29, 0.717) is 0 Å². The molecule has 0 unspecified atom stereocenters. The summed E-state index contributed by atoms with van der Waals surface area (Å²) in [5.74, 6) is 0. The maximum Gasteiger partial charge on any atom is 0.143 e. The molecule has 182 valence electrons. The van der Waals surface area contributed by atoms with Gasteiger partial charge in [-0.2, -0.15) is 0 Å². The highest BCUT2D eigenvalue weighted by molar-refractivity contribution is 6.21. The molecule has 0 saturated heterocycles. The van der Waals surface area contributed by atoms with E-state index in [4.69, 9.17) is 29.1 Å². The second-order valence-electron chi connectivity index (χ2n) is 8.26. The summed E-state index contributed by atoms with van der Waals surface area (Å²) in [5, 5.41) is -3.43. The topological polar surface area (TPSA) is 13.1 Å². The third kappa shape index (κ3) is 3.41. The van der Waals surface area contributed by atoms with E-state index in [1.54, 1.807) is 0 Å². The molecule has 1 heteroatoms. The Hall–Kier alpha value is -5.14. The van der Waals surface area contributed by atoms with Gasteiger partial charge in [0.25, 0.3) is 0 Å². The van der Waals surface area contributed by atoms with Crippen molar-refractivity contribution in [2.75, 3.05) is 0 Å². The van der Waals surface area contributed by atoms with Crippen LogP contribution < -0.4 is 0 Å². The van der Waals surface area contributed by atoms with Crippen molar-refractivity contribution in [1.29, 1.82) is 0 Å². The molecule has 0 fully saturated rings. The molecule has 1 nitrogen and oxygen atoms in total. The summed E-state index contributed by atoms with van der Waals surface area (Å²) in [5.41, 5.74) is -5.26. The lowest BCUT2D eigenvalue weighted by atomic mass is 9.86. The molecule has 1 aromatic heterocycles. The highest BCUT2D eigenvalue weighted by Gasteiger charge is 2.17. The van der Waals surface area contributed by atoms with Gasteiger partial charge in [0.05, 0.1) is 32.9 Å². The van der Waals surface area contributed by atoms with Gasteiger partial charge in [0.2, 0.25) is 0 Å². The fraction of sp³-hybridized carbons (Fsp3) is 0. The lowest BCUT2D eigenvalue weighted by Gasteiger charge is -2.18. The quantitative estimate of drug-likeness (QED) is 0.211. The number of furan rings is 1. The van der Waals surface area contributed by atoms with Gasteiger partial charge in [0, 0.05) is 16.3 Å². The zero-order valence-corrected chi connectivity index (χ0v) is 19.4. The van der Waals surface area contributed by atoms with Gasteiger partial charge in [-0.3, -0.25) is 0 Å². The fourth-order valence-corrected chi connectivity index (χ4v) is 4.57. The van der Waals surface area contributed by atoms with Crippen molar-refractivity contribution >= 4 is 43.5 Å². The molecular weight excluding hydrogens is 472 g/mol. The van der Waals surface area contributed by atoms with E-state index in [1.807, 2.05) is 0 Å². The first-order valence-electron chi connectivity index (χ1n) is 23.4. The zero-order valence-electron chi connectivity index (χ0n) is 43.4. The number of rotatable bonds is 3. The maximum absolute atomic E-state index is 9.43. The van der Waals surface area contributed by atoms with Gasteiger partial charge in [0.1, 0.15) is 11.2 Å². The molecule has 8 aromatic rings. The lowest BCUT2D eigenvalue weighted by molar-refractivity contribution is 0.670. The van der Waals surface area contributed by atoms with Gasteiger partial charge in [-0.1, -0.05) is 139 Å². The molecule has 0 aliphatic heterocycles. The minimum atomic E-state index is -1.03. The average Bonchev–Trinajstić information content (AvgIpc) is 3.66. The van der Waals surface area contributed by atoms with Crippen LogP contribution in [0.4, 0.5) is 0 Å². The highest BCUT2D eigenvalue weighted by atomic mass is 16.3. The molecule has 1 heterocycles. The van der Waals surface area contributed by atoms with Gasteiger partial charge in [-0.25, -0.2) is 0 Å². The summed E-state index contributed by atoms with van der Waals surface area (Å²) in [7, 11) is 0. The van der Waals surface area contributed by atoms with Crippen molar-refractivity contribution in [2.45, 2.75) is 0 Å². The summed E-state index contributed by atoms with van der Waals surface area (Å²) in [6, 6.07) is -21.2. The molecule has 0 spiro atoms. The Morgan fingerprint density at radius 3 is 1.44 bits per heavy atom. The third-order valence-electron chi connectivity index (χ3n) is 6.19. The molecule has 39 heavy (non-hydrogen) atoms. The summed E-state index contributed by atoms with van der Waals surface area (Å²) in [6.07, 6.45) is 0. The maximum atomic E-state index is 9.43. The summed E-state index contributed by atoms with van der Waals surface area (Å²) < 4.78 is 217. The van der Waals surface area contributed by atoms with Gasteiger partial charge >= 0.3 is 0 Å². The van der Waals surface area contributed by atoms with Crippen LogP contribution >= 0.6 is 0 Å². The molecule has 0 atom stereocenters. The first-order valence-corrected chi connectivity index (χ1v) is 11.4. The molecule has 0 radical (unpaired) electrons. The minimum absolute atomic E-state index is 0.358. The van der Waals surface area contributed by atoms with E-state index in [2.05, 4.69) is 0 Å². The van der Waals surface area contributed by atoms with E-state index in [-0.39, 0.29) is 5.39 Å². The van der Waals surface area contributed by atoms with Crippen LogP contribution in [0.1, 0.15) is 32.9 Å². The second-order valence-corrected chi connectivity index (χ2v) is 8.26. The van der Waals surface area contributed by atoms with Crippen LogP contribution in [0.2, 0.25) is 0 Å². The summed E-state index contributed by atoms with van der Waals surface area (Å²) in [6.45, 7) is 0. The fourth-order valence-electron chi connectivity index (χ4n) is 4.57. The third-order valence-corrected chi connectivity index (χ3v) is 6.19. The van der Waals surface area contributed by atoms with Gasteiger partial charge in [-0.15, -0.1) is 0 Å². The Morgan fingerprint density at radius 1 is 0.359 bits per heavy atom. The molecule has 7 aromatic carbocycles. The van der Waals surface area contributed by atoms with Crippen molar-refractivity contribution in [3.8, 4) is 33.4 Å². The van der Waals surface area contributed by atoms with E-state index in [9.17, 15) is 8.22 Å². The largest absolute Gasteiger partial charge is 0.455 e. The smallest absolute Gasteiger partial charge is 0.143 e. The van der Waals surface area contributed by atoms with Crippen molar-refractivity contribution in [1.82, 2.24) is 0 Å². The SMILES string of the molecule is [2H]c1c([2H])c([2H])c(-c2c3c([2H])c([2H])c([2H])c([2H])c3c(-c3c([2H])c([2H])c(-c4c([2H])c([2H])c([2H])c5c4oc4c([2H])c([2H])c([2H])c([2H])c45)c([2H])c3[2H])c3c([2H])c([2H])c([2H])c([2H])c23)c([2H])c1[2H]. The van der Waals surface area contributed by atoms with E-state index in [1.165, 1.54) is 0 Å². The standard InChI is InChI=1S/C38H24O/c1-2-11-26(12-3-1)36-30-14-4-6-16-32(30)37(33-17-7-5-15-31(33)36)27-23-21-25(22-24-27)28-18-10-19-34-29-13-8-9-20-35(29)39-38(28)34/h1-24H/i1D,2D,3D,4D,5D,6D,7D,8D,9D,10D,11D,12D,13D,14D,15D,16D,17D,18D,19D,20D,21D,22D,23D,24D. The van der Waals surface area contributed by atoms with Crippen LogP contribution in [0.5, 0.6) is 0 Å². The number of hydrogen-bond acceptors (Lipinski definition) is 1. The molecule has 0 N–H and O–H groups in total. The minimum Gasteiger partial charge on any atom is -0.455 e. The monoisotopic (exact) mass is 520 g/mol. The van der Waals surface area contributed by atoms with Gasteiger partial charge in [0.15, 0.2) is 0 Å². The molecule has 0 aliphatic rings. The average molecular weight is 521 g/mol. The highest BCUT2D eigenvalue weighted by Crippen LogP contribution is 2.44. The number of hydrogen-bond donors (Lipinski definition) is 0. The molecule has 0 bridgehead atoms. The Balaban J connectivity index is 1.65. The molecular formula is C38H24O. The van der Waals surface area contributed by atoms with Crippen molar-refractivity contribution < 1.29 is 37.3 Å². The van der Waals surface area contributed by atoms with Crippen LogP contribution in [0.3, 0.4) is 0 Å². The van der Waals surface area contributed by atoms with Crippen molar-refractivity contribution in [3.63, 3.8) is 0 Å². The Morgan fingerprint density at radius 2 is 0.821 bits per heavy atom. The Labute approximate surface area is 260 Å². The van der Waals surface area contributed by atoms with Crippen LogP contribution in [0, 0.1) is 0 Å². The lowest BCUT2D eigenvalue weighted by Crippen LogP contribution is -1.90. The first-order chi connectivity index (χ1) is 29.3. The Kier molecular flexibility index (Phi) is 1.94. The van der Waals surface area contributed by atoms with Gasteiger partial charge < -0.3 is 4.42 Å². The van der Waals surface area contributed by atoms with Crippen molar-refractivity contribution in [2.24, 2.45) is 0 Å². The summed E-state index contributed by atoms with van der Waals surface area (Å²) in [4.78, 5) is 0. The molecule has 0 saturated carbocycles.